The first kappa shape index (κ1) is 12.1. The molecule has 92 valence electrons. The molecule has 2 rings (SSSR count). The maximum absolute atomic E-state index is 11.4. The molecule has 0 spiro atoms. The molecule has 1 heterocycles. The molecule has 17 heavy (non-hydrogen) atoms. The summed E-state index contributed by atoms with van der Waals surface area (Å²) in [6.45, 7) is 1.90. The summed E-state index contributed by atoms with van der Waals surface area (Å²) in [5.74, 6) is 1.45. The van der Waals surface area contributed by atoms with Crippen LogP contribution in [0.3, 0.4) is 0 Å². The van der Waals surface area contributed by atoms with E-state index >= 15 is 0 Å². The second kappa shape index (κ2) is 4.87. The highest BCUT2D eigenvalue weighted by Crippen LogP contribution is 2.38. The van der Waals surface area contributed by atoms with Crippen molar-refractivity contribution >= 4 is 17.7 Å². The number of nitrogens with one attached hydrogen (secondary N) is 1. The monoisotopic (exact) mass is 253 g/mol. The van der Waals surface area contributed by atoms with E-state index in [0.29, 0.717) is 11.5 Å². The van der Waals surface area contributed by atoms with Crippen LogP contribution in [0.15, 0.2) is 18.2 Å². The average Bonchev–Trinajstić information content (AvgIpc) is 2.68. The lowest BCUT2D eigenvalue weighted by Gasteiger charge is -2.13. The minimum absolute atomic E-state index is 0.00249. The molecule has 0 bridgehead atoms. The van der Waals surface area contributed by atoms with Crippen LogP contribution in [0.4, 0.5) is 0 Å². The van der Waals surface area contributed by atoms with Gasteiger partial charge in [0.05, 0.1) is 19.5 Å². The van der Waals surface area contributed by atoms with Crippen molar-refractivity contribution < 1.29 is 14.3 Å². The normalized spacial score (nSPS) is 23.4. The molecule has 0 saturated carbocycles. The third kappa shape index (κ3) is 2.34. The molecule has 5 heteroatoms. The van der Waals surface area contributed by atoms with Crippen molar-refractivity contribution in [3.8, 4) is 11.5 Å². The number of carbonyl (C=O) groups excluding carboxylic acids is 1. The van der Waals surface area contributed by atoms with Crippen molar-refractivity contribution in [3.63, 3.8) is 0 Å². The molecule has 1 aromatic rings. The predicted molar refractivity (Wildman–Crippen MR) is 67.5 cm³/mol. The Labute approximate surface area is 105 Å². The summed E-state index contributed by atoms with van der Waals surface area (Å²) < 4.78 is 10.4. The van der Waals surface area contributed by atoms with E-state index in [4.69, 9.17) is 9.47 Å². The van der Waals surface area contributed by atoms with E-state index in [2.05, 4.69) is 5.32 Å². The van der Waals surface area contributed by atoms with E-state index in [1.54, 1.807) is 26.0 Å². The lowest BCUT2D eigenvalue weighted by molar-refractivity contribution is -0.119. The molecule has 1 aliphatic heterocycles. The van der Waals surface area contributed by atoms with Gasteiger partial charge in [-0.3, -0.25) is 4.79 Å². The van der Waals surface area contributed by atoms with Crippen LogP contribution in [0.5, 0.6) is 11.5 Å². The largest absolute Gasteiger partial charge is 0.493 e. The number of ether oxygens (including phenoxy) is 2. The molecule has 0 radical (unpaired) electrons. The Bertz CT molecular complexity index is 436. The third-order valence-electron chi connectivity index (χ3n) is 2.69. The van der Waals surface area contributed by atoms with Crippen molar-refractivity contribution in [1.82, 2.24) is 5.32 Å². The molecule has 1 N–H and O–H groups in total. The van der Waals surface area contributed by atoms with Gasteiger partial charge in [0.25, 0.3) is 0 Å². The predicted octanol–water partition coefficient (Wildman–Crippen LogP) is 1.95. The third-order valence-corrected chi connectivity index (χ3v) is 3.98. The topological polar surface area (TPSA) is 47.6 Å². The minimum Gasteiger partial charge on any atom is -0.493 e. The standard InChI is InChI=1S/C12H15NO3S/c1-7-11(14)13-12(17-7)8-4-5-9(15-2)10(6-8)16-3/h4-7,12H,1-3H3,(H,13,14)/t7-,12+/m1/s1. The Kier molecular flexibility index (Phi) is 3.47. The highest BCUT2D eigenvalue weighted by Gasteiger charge is 2.30. The summed E-state index contributed by atoms with van der Waals surface area (Å²) >= 11 is 1.60. The van der Waals surface area contributed by atoms with Gasteiger partial charge in [-0.25, -0.2) is 0 Å². The Balaban J connectivity index is 2.25. The molecule has 1 aromatic carbocycles. The lowest BCUT2D eigenvalue weighted by atomic mass is 10.2. The molecule has 1 amide bonds. The number of hydrogen-bond acceptors (Lipinski definition) is 4. The van der Waals surface area contributed by atoms with Gasteiger partial charge in [-0.1, -0.05) is 6.07 Å². The number of amides is 1. The second-order valence-electron chi connectivity index (χ2n) is 3.78. The van der Waals surface area contributed by atoms with Gasteiger partial charge in [0.15, 0.2) is 11.5 Å². The number of thioether (sulfide) groups is 1. The molecule has 1 saturated heterocycles. The number of carbonyl (C=O) groups is 1. The summed E-state index contributed by atoms with van der Waals surface area (Å²) in [5, 5.41) is 2.93. The van der Waals surface area contributed by atoms with E-state index in [1.807, 2.05) is 25.1 Å². The number of methoxy groups -OCH3 is 2. The van der Waals surface area contributed by atoms with Crippen molar-refractivity contribution in [3.05, 3.63) is 23.8 Å². The maximum atomic E-state index is 11.4. The zero-order chi connectivity index (χ0) is 12.4. The fourth-order valence-corrected chi connectivity index (χ4v) is 2.81. The summed E-state index contributed by atoms with van der Waals surface area (Å²) in [6, 6.07) is 5.69. The summed E-state index contributed by atoms with van der Waals surface area (Å²) in [5.41, 5.74) is 1.02. The zero-order valence-corrected chi connectivity index (χ0v) is 10.8. The highest BCUT2D eigenvalue weighted by atomic mass is 32.2. The van der Waals surface area contributed by atoms with Gasteiger partial charge in [-0.05, 0) is 24.6 Å². The number of hydrogen-bond donors (Lipinski definition) is 1. The SMILES string of the molecule is COc1ccc([C@H]2NC(=O)[C@@H](C)S2)cc1OC. The summed E-state index contributed by atoms with van der Waals surface area (Å²) in [6.07, 6.45) is 0. The molecule has 1 aliphatic rings. The fraction of sp³-hybridized carbons (Fsp3) is 0.417. The molecular weight excluding hydrogens is 238 g/mol. The van der Waals surface area contributed by atoms with Gasteiger partial charge in [-0.2, -0.15) is 0 Å². The van der Waals surface area contributed by atoms with Crippen LogP contribution >= 0.6 is 11.8 Å². The van der Waals surface area contributed by atoms with Crippen LogP contribution < -0.4 is 14.8 Å². The second-order valence-corrected chi connectivity index (χ2v) is 5.23. The van der Waals surface area contributed by atoms with Gasteiger partial charge < -0.3 is 14.8 Å². The van der Waals surface area contributed by atoms with Crippen LogP contribution in [0.2, 0.25) is 0 Å². The molecule has 0 unspecified atom stereocenters. The van der Waals surface area contributed by atoms with Crippen molar-refractivity contribution in [2.75, 3.05) is 14.2 Å². The molecule has 0 aromatic heterocycles. The van der Waals surface area contributed by atoms with E-state index in [9.17, 15) is 4.79 Å². The Morgan fingerprint density at radius 3 is 2.47 bits per heavy atom. The van der Waals surface area contributed by atoms with E-state index in [0.717, 1.165) is 5.56 Å². The average molecular weight is 253 g/mol. The van der Waals surface area contributed by atoms with Crippen LogP contribution in [0, 0.1) is 0 Å². The lowest BCUT2D eigenvalue weighted by Crippen LogP contribution is -2.22. The molecule has 4 nitrogen and oxygen atoms in total. The van der Waals surface area contributed by atoms with Crippen molar-refractivity contribution in [1.29, 1.82) is 0 Å². The van der Waals surface area contributed by atoms with E-state index in [1.165, 1.54) is 0 Å². The Morgan fingerprint density at radius 2 is 1.94 bits per heavy atom. The zero-order valence-electron chi connectivity index (χ0n) is 10.0. The van der Waals surface area contributed by atoms with Crippen LogP contribution in [0.1, 0.15) is 17.9 Å². The van der Waals surface area contributed by atoms with Gasteiger partial charge in [0, 0.05) is 0 Å². The van der Waals surface area contributed by atoms with Crippen LogP contribution in [-0.4, -0.2) is 25.4 Å². The summed E-state index contributed by atoms with van der Waals surface area (Å²) in [4.78, 5) is 11.4. The minimum atomic E-state index is -0.00639. The molecule has 0 aliphatic carbocycles. The molecular formula is C12H15NO3S. The van der Waals surface area contributed by atoms with Gasteiger partial charge in [0.2, 0.25) is 5.91 Å². The fourth-order valence-electron chi connectivity index (χ4n) is 1.72. The van der Waals surface area contributed by atoms with E-state index < -0.39 is 0 Å². The van der Waals surface area contributed by atoms with Crippen LogP contribution in [0.25, 0.3) is 0 Å². The van der Waals surface area contributed by atoms with Crippen molar-refractivity contribution in [2.24, 2.45) is 0 Å². The molecule has 1 fully saturated rings. The Morgan fingerprint density at radius 1 is 1.24 bits per heavy atom. The quantitative estimate of drug-likeness (QED) is 0.894. The highest BCUT2D eigenvalue weighted by molar-refractivity contribution is 8.01. The number of benzene rings is 1. The molecule has 2 atom stereocenters. The van der Waals surface area contributed by atoms with Crippen LogP contribution in [-0.2, 0) is 4.79 Å². The Hall–Kier alpha value is -1.36. The van der Waals surface area contributed by atoms with Gasteiger partial charge in [0.1, 0.15) is 5.37 Å². The smallest absolute Gasteiger partial charge is 0.234 e. The number of rotatable bonds is 3. The summed E-state index contributed by atoms with van der Waals surface area (Å²) in [7, 11) is 3.20. The van der Waals surface area contributed by atoms with Gasteiger partial charge in [-0.15, -0.1) is 11.8 Å². The van der Waals surface area contributed by atoms with E-state index in [-0.39, 0.29) is 16.5 Å². The first-order valence-corrected chi connectivity index (χ1v) is 6.27. The van der Waals surface area contributed by atoms with Gasteiger partial charge >= 0.3 is 0 Å². The first-order chi connectivity index (χ1) is 8.15. The maximum Gasteiger partial charge on any atom is 0.234 e. The van der Waals surface area contributed by atoms with Crippen molar-refractivity contribution in [2.45, 2.75) is 17.5 Å². The first-order valence-electron chi connectivity index (χ1n) is 5.33.